The first-order valence-electron chi connectivity index (χ1n) is 8.11. The third-order valence-electron chi connectivity index (χ3n) is 3.78. The van der Waals surface area contributed by atoms with E-state index in [1.165, 1.54) is 24.8 Å². The van der Waals surface area contributed by atoms with Gasteiger partial charge in [-0.05, 0) is 46.3 Å². The molecule has 116 valence electrons. The van der Waals surface area contributed by atoms with Crippen LogP contribution in [0.5, 0.6) is 0 Å². The van der Waals surface area contributed by atoms with E-state index in [0.29, 0.717) is 6.04 Å². The number of nitrogens with one attached hydrogen (secondary N) is 1. The Morgan fingerprint density at radius 3 is 2.60 bits per heavy atom. The summed E-state index contributed by atoms with van der Waals surface area (Å²) in [4.78, 5) is 2.50. The van der Waals surface area contributed by atoms with Gasteiger partial charge in [0, 0.05) is 18.2 Å². The number of hydrogen-bond donors (Lipinski definition) is 1. The van der Waals surface area contributed by atoms with E-state index in [4.69, 9.17) is 4.42 Å². The Labute approximate surface area is 124 Å². The lowest BCUT2D eigenvalue weighted by atomic mass is 10.2. The molecule has 0 atom stereocenters. The highest BCUT2D eigenvalue weighted by Gasteiger charge is 2.14. The summed E-state index contributed by atoms with van der Waals surface area (Å²) in [6, 6.07) is 2.78. The van der Waals surface area contributed by atoms with E-state index < -0.39 is 0 Å². The van der Waals surface area contributed by atoms with Crippen LogP contribution in [0.3, 0.4) is 0 Å². The zero-order valence-electron chi connectivity index (χ0n) is 14.0. The molecule has 0 saturated heterocycles. The maximum absolute atomic E-state index is 5.92. The highest BCUT2D eigenvalue weighted by molar-refractivity contribution is 5.20. The molecule has 3 heteroatoms. The number of aryl methyl sites for hydroxylation is 1. The average molecular weight is 280 g/mol. The number of rotatable bonds is 10. The maximum atomic E-state index is 5.92. The van der Waals surface area contributed by atoms with E-state index in [0.717, 1.165) is 37.7 Å². The van der Waals surface area contributed by atoms with Crippen LogP contribution in [0.2, 0.25) is 0 Å². The Kier molecular flexibility index (Phi) is 7.93. The molecule has 0 bridgehead atoms. The minimum Gasteiger partial charge on any atom is -0.465 e. The zero-order valence-corrected chi connectivity index (χ0v) is 14.0. The Bertz CT molecular complexity index is 371. The molecule has 20 heavy (non-hydrogen) atoms. The third kappa shape index (κ3) is 5.68. The second kappa shape index (κ2) is 9.19. The molecule has 0 aromatic carbocycles. The summed E-state index contributed by atoms with van der Waals surface area (Å²) < 4.78 is 5.92. The van der Waals surface area contributed by atoms with Crippen LogP contribution in [-0.4, -0.2) is 24.0 Å². The molecular formula is C17H32N2O. The smallest absolute Gasteiger partial charge is 0.118 e. The van der Waals surface area contributed by atoms with E-state index in [1.54, 1.807) is 0 Å². The zero-order chi connectivity index (χ0) is 15.0. The van der Waals surface area contributed by atoms with Crippen molar-refractivity contribution in [2.24, 2.45) is 0 Å². The van der Waals surface area contributed by atoms with Gasteiger partial charge in [-0.1, -0.05) is 26.7 Å². The number of furan rings is 1. The lowest BCUT2D eigenvalue weighted by Crippen LogP contribution is -2.31. The van der Waals surface area contributed by atoms with Gasteiger partial charge in [0.25, 0.3) is 0 Å². The molecule has 1 aromatic heterocycles. The topological polar surface area (TPSA) is 28.4 Å². The van der Waals surface area contributed by atoms with Crippen LogP contribution >= 0.6 is 0 Å². The first-order valence-corrected chi connectivity index (χ1v) is 8.11. The van der Waals surface area contributed by atoms with Gasteiger partial charge in [-0.25, -0.2) is 0 Å². The largest absolute Gasteiger partial charge is 0.465 e. The van der Waals surface area contributed by atoms with Crippen molar-refractivity contribution < 1.29 is 4.42 Å². The summed E-state index contributed by atoms with van der Waals surface area (Å²) in [6.07, 6.45) is 3.86. The van der Waals surface area contributed by atoms with Crippen LogP contribution < -0.4 is 5.32 Å². The van der Waals surface area contributed by atoms with Gasteiger partial charge in [-0.2, -0.15) is 0 Å². The fourth-order valence-corrected chi connectivity index (χ4v) is 2.39. The van der Waals surface area contributed by atoms with Gasteiger partial charge in [-0.3, -0.25) is 4.90 Å². The Balaban J connectivity index is 2.59. The van der Waals surface area contributed by atoms with Crippen molar-refractivity contribution >= 4 is 0 Å². The molecule has 1 aromatic rings. The monoisotopic (exact) mass is 280 g/mol. The van der Waals surface area contributed by atoms with Crippen LogP contribution in [0, 0.1) is 6.92 Å². The summed E-state index contributed by atoms with van der Waals surface area (Å²) in [6.45, 7) is 15.0. The standard InChI is InChI=1S/C17H32N2O/c1-6-8-9-10-19(14(3)4)13-17-11-16(12-18-7-2)15(5)20-17/h11,14,18H,6-10,12-13H2,1-5H3. The van der Waals surface area contributed by atoms with Crippen LogP contribution in [0.1, 0.15) is 64.0 Å². The van der Waals surface area contributed by atoms with Gasteiger partial charge in [0.1, 0.15) is 11.5 Å². The second-order valence-corrected chi connectivity index (χ2v) is 5.85. The van der Waals surface area contributed by atoms with Crippen molar-refractivity contribution in [1.82, 2.24) is 10.2 Å². The summed E-state index contributed by atoms with van der Waals surface area (Å²) in [7, 11) is 0. The Morgan fingerprint density at radius 1 is 1.25 bits per heavy atom. The molecule has 0 aliphatic rings. The quantitative estimate of drug-likeness (QED) is 0.654. The Hall–Kier alpha value is -0.800. The van der Waals surface area contributed by atoms with E-state index >= 15 is 0 Å². The molecule has 1 N–H and O–H groups in total. The predicted molar refractivity (Wildman–Crippen MR) is 85.9 cm³/mol. The van der Waals surface area contributed by atoms with Gasteiger partial charge < -0.3 is 9.73 Å². The van der Waals surface area contributed by atoms with Gasteiger partial charge in [0.15, 0.2) is 0 Å². The first kappa shape index (κ1) is 17.3. The number of hydrogen-bond acceptors (Lipinski definition) is 3. The summed E-state index contributed by atoms with van der Waals surface area (Å²) in [5.41, 5.74) is 1.29. The van der Waals surface area contributed by atoms with Crippen molar-refractivity contribution in [3.8, 4) is 0 Å². The lowest BCUT2D eigenvalue weighted by Gasteiger charge is -2.25. The molecule has 0 spiro atoms. The highest BCUT2D eigenvalue weighted by atomic mass is 16.3. The second-order valence-electron chi connectivity index (χ2n) is 5.85. The number of nitrogens with zero attached hydrogens (tertiary/aromatic N) is 1. The van der Waals surface area contributed by atoms with Crippen LogP contribution in [0.15, 0.2) is 10.5 Å². The third-order valence-corrected chi connectivity index (χ3v) is 3.78. The van der Waals surface area contributed by atoms with Gasteiger partial charge in [0.05, 0.1) is 6.54 Å². The molecule has 0 aliphatic carbocycles. The first-order chi connectivity index (χ1) is 9.58. The molecule has 0 amide bonds. The molecule has 3 nitrogen and oxygen atoms in total. The van der Waals surface area contributed by atoms with E-state index in [1.807, 2.05) is 0 Å². The lowest BCUT2D eigenvalue weighted by molar-refractivity contribution is 0.192. The van der Waals surface area contributed by atoms with Crippen molar-refractivity contribution in [3.63, 3.8) is 0 Å². The SMILES string of the molecule is CCCCCN(Cc1cc(CNCC)c(C)o1)C(C)C. The fourth-order valence-electron chi connectivity index (χ4n) is 2.39. The van der Waals surface area contributed by atoms with Crippen molar-refractivity contribution in [1.29, 1.82) is 0 Å². The van der Waals surface area contributed by atoms with Crippen molar-refractivity contribution in [2.45, 2.75) is 73.0 Å². The molecule has 1 rings (SSSR count). The van der Waals surface area contributed by atoms with Crippen LogP contribution in [-0.2, 0) is 13.1 Å². The molecule has 0 unspecified atom stereocenters. The van der Waals surface area contributed by atoms with Crippen molar-refractivity contribution in [3.05, 3.63) is 23.2 Å². The normalized spacial score (nSPS) is 11.8. The summed E-state index contributed by atoms with van der Waals surface area (Å²) in [5.74, 6) is 2.15. The molecule has 0 radical (unpaired) electrons. The fraction of sp³-hybridized carbons (Fsp3) is 0.765. The molecular weight excluding hydrogens is 248 g/mol. The minimum absolute atomic E-state index is 0.564. The van der Waals surface area contributed by atoms with Gasteiger partial charge in [0.2, 0.25) is 0 Å². The van der Waals surface area contributed by atoms with Gasteiger partial charge >= 0.3 is 0 Å². The molecule has 0 fully saturated rings. The molecule has 1 heterocycles. The number of unbranched alkanes of at least 4 members (excludes halogenated alkanes) is 2. The summed E-state index contributed by atoms with van der Waals surface area (Å²) in [5, 5.41) is 3.36. The average Bonchev–Trinajstić information content (AvgIpc) is 2.75. The van der Waals surface area contributed by atoms with Gasteiger partial charge in [-0.15, -0.1) is 0 Å². The predicted octanol–water partition coefficient (Wildman–Crippen LogP) is 4.10. The minimum atomic E-state index is 0.564. The molecule has 0 aliphatic heterocycles. The van der Waals surface area contributed by atoms with E-state index in [-0.39, 0.29) is 0 Å². The van der Waals surface area contributed by atoms with E-state index in [9.17, 15) is 0 Å². The van der Waals surface area contributed by atoms with E-state index in [2.05, 4.69) is 50.9 Å². The Morgan fingerprint density at radius 2 is 2.00 bits per heavy atom. The van der Waals surface area contributed by atoms with Crippen LogP contribution in [0.4, 0.5) is 0 Å². The maximum Gasteiger partial charge on any atom is 0.118 e. The van der Waals surface area contributed by atoms with Crippen LogP contribution in [0.25, 0.3) is 0 Å². The summed E-state index contributed by atoms with van der Waals surface area (Å²) >= 11 is 0. The van der Waals surface area contributed by atoms with Crippen molar-refractivity contribution in [2.75, 3.05) is 13.1 Å². The molecule has 0 saturated carbocycles. The highest BCUT2D eigenvalue weighted by Crippen LogP contribution is 2.18.